The van der Waals surface area contributed by atoms with Gasteiger partial charge in [-0.05, 0) is 56.1 Å². The summed E-state index contributed by atoms with van der Waals surface area (Å²) in [5.41, 5.74) is 1.14. The standard InChI is InChI=1S/C17H23FO/c1-11(2)13-6-8-14(9-7-13)17(19)15-5-4-12(3)16(18)10-15/h4-5,10-11,13-14H,6-9H2,1-3H3. The number of hydrogen-bond donors (Lipinski definition) is 0. The number of ketones is 1. The molecular formula is C17H23FO. The summed E-state index contributed by atoms with van der Waals surface area (Å²) in [5, 5.41) is 0. The number of Topliss-reactive ketones (excluding diaryl/α,β-unsaturated/α-hetero) is 1. The molecule has 0 aromatic heterocycles. The highest BCUT2D eigenvalue weighted by Crippen LogP contribution is 2.34. The Morgan fingerprint density at radius 2 is 1.84 bits per heavy atom. The molecule has 0 bridgehead atoms. The molecule has 1 aromatic rings. The molecule has 2 rings (SSSR count). The smallest absolute Gasteiger partial charge is 0.166 e. The summed E-state index contributed by atoms with van der Waals surface area (Å²) in [6.07, 6.45) is 4.17. The first kappa shape index (κ1) is 14.2. The van der Waals surface area contributed by atoms with Crippen molar-refractivity contribution < 1.29 is 9.18 Å². The first-order chi connectivity index (χ1) is 8.99. The molecule has 2 heteroatoms. The second-order valence-electron chi connectivity index (χ2n) is 6.18. The fourth-order valence-corrected chi connectivity index (χ4v) is 3.03. The molecule has 1 aliphatic carbocycles. The van der Waals surface area contributed by atoms with Crippen LogP contribution in [0.4, 0.5) is 4.39 Å². The van der Waals surface area contributed by atoms with Crippen LogP contribution in [-0.4, -0.2) is 5.78 Å². The first-order valence-corrected chi connectivity index (χ1v) is 7.29. The Bertz CT molecular complexity index is 456. The lowest BCUT2D eigenvalue weighted by molar-refractivity contribution is 0.0858. The van der Waals surface area contributed by atoms with Gasteiger partial charge in [-0.15, -0.1) is 0 Å². The number of aryl methyl sites for hydroxylation is 1. The van der Waals surface area contributed by atoms with Crippen LogP contribution in [-0.2, 0) is 0 Å². The van der Waals surface area contributed by atoms with Crippen molar-refractivity contribution in [1.82, 2.24) is 0 Å². The average molecular weight is 262 g/mol. The lowest BCUT2D eigenvalue weighted by atomic mass is 9.75. The van der Waals surface area contributed by atoms with E-state index in [2.05, 4.69) is 13.8 Å². The van der Waals surface area contributed by atoms with E-state index >= 15 is 0 Å². The Labute approximate surface area is 115 Å². The highest BCUT2D eigenvalue weighted by Gasteiger charge is 2.28. The number of benzene rings is 1. The second kappa shape index (κ2) is 5.85. The van der Waals surface area contributed by atoms with Crippen LogP contribution in [0.5, 0.6) is 0 Å². The maximum Gasteiger partial charge on any atom is 0.166 e. The molecule has 0 heterocycles. The molecule has 1 fully saturated rings. The van der Waals surface area contributed by atoms with Crippen molar-refractivity contribution in [1.29, 1.82) is 0 Å². The monoisotopic (exact) mass is 262 g/mol. The summed E-state index contributed by atoms with van der Waals surface area (Å²) in [4.78, 5) is 12.4. The maximum atomic E-state index is 13.5. The molecular weight excluding hydrogens is 239 g/mol. The molecule has 19 heavy (non-hydrogen) atoms. The van der Waals surface area contributed by atoms with Crippen molar-refractivity contribution in [3.05, 3.63) is 35.1 Å². The topological polar surface area (TPSA) is 17.1 Å². The van der Waals surface area contributed by atoms with E-state index < -0.39 is 0 Å². The SMILES string of the molecule is Cc1ccc(C(=O)C2CCC(C(C)C)CC2)cc1F. The summed E-state index contributed by atoms with van der Waals surface area (Å²) in [6, 6.07) is 4.85. The largest absolute Gasteiger partial charge is 0.294 e. The van der Waals surface area contributed by atoms with Gasteiger partial charge in [0.25, 0.3) is 0 Å². The van der Waals surface area contributed by atoms with Gasteiger partial charge in [-0.1, -0.05) is 26.0 Å². The molecule has 1 aromatic carbocycles. The normalized spacial score (nSPS) is 23.6. The molecule has 0 N–H and O–H groups in total. The Hall–Kier alpha value is -1.18. The fourth-order valence-electron chi connectivity index (χ4n) is 3.03. The van der Waals surface area contributed by atoms with Gasteiger partial charge in [0.15, 0.2) is 5.78 Å². The highest BCUT2D eigenvalue weighted by molar-refractivity contribution is 5.97. The zero-order valence-electron chi connectivity index (χ0n) is 12.1. The van der Waals surface area contributed by atoms with Gasteiger partial charge < -0.3 is 0 Å². The van der Waals surface area contributed by atoms with Crippen LogP contribution < -0.4 is 0 Å². The van der Waals surface area contributed by atoms with Gasteiger partial charge in [0, 0.05) is 11.5 Å². The van der Waals surface area contributed by atoms with Gasteiger partial charge in [-0.2, -0.15) is 0 Å². The minimum Gasteiger partial charge on any atom is -0.294 e. The van der Waals surface area contributed by atoms with Crippen molar-refractivity contribution in [3.8, 4) is 0 Å². The summed E-state index contributed by atoms with van der Waals surface area (Å²) in [5.74, 6) is 1.40. The van der Waals surface area contributed by atoms with Crippen molar-refractivity contribution in [2.45, 2.75) is 46.5 Å². The van der Waals surface area contributed by atoms with Crippen LogP contribution in [0.15, 0.2) is 18.2 Å². The van der Waals surface area contributed by atoms with E-state index in [0.29, 0.717) is 17.0 Å². The van der Waals surface area contributed by atoms with Gasteiger partial charge in [0.1, 0.15) is 5.82 Å². The third-order valence-corrected chi connectivity index (χ3v) is 4.54. The molecule has 1 aliphatic rings. The molecule has 0 atom stereocenters. The minimum absolute atomic E-state index is 0.0945. The van der Waals surface area contributed by atoms with E-state index in [1.165, 1.54) is 6.07 Å². The van der Waals surface area contributed by atoms with Crippen molar-refractivity contribution >= 4 is 5.78 Å². The van der Waals surface area contributed by atoms with E-state index in [9.17, 15) is 9.18 Å². The molecule has 0 radical (unpaired) electrons. The second-order valence-corrected chi connectivity index (χ2v) is 6.18. The predicted octanol–water partition coefficient (Wildman–Crippen LogP) is 4.78. The van der Waals surface area contributed by atoms with Crippen LogP contribution in [0.2, 0.25) is 0 Å². The van der Waals surface area contributed by atoms with Gasteiger partial charge in [0.05, 0.1) is 0 Å². The number of carbonyl (C=O) groups excluding carboxylic acids is 1. The Morgan fingerprint density at radius 3 is 2.37 bits per heavy atom. The summed E-state index contributed by atoms with van der Waals surface area (Å²) < 4.78 is 13.5. The third-order valence-electron chi connectivity index (χ3n) is 4.54. The number of carbonyl (C=O) groups is 1. The van der Waals surface area contributed by atoms with Crippen LogP contribution in [0.3, 0.4) is 0 Å². The first-order valence-electron chi connectivity index (χ1n) is 7.29. The van der Waals surface area contributed by atoms with Crippen molar-refractivity contribution in [3.63, 3.8) is 0 Å². The molecule has 104 valence electrons. The molecule has 0 aliphatic heterocycles. The van der Waals surface area contributed by atoms with Crippen molar-refractivity contribution in [2.24, 2.45) is 17.8 Å². The summed E-state index contributed by atoms with van der Waals surface area (Å²) in [7, 11) is 0. The zero-order valence-corrected chi connectivity index (χ0v) is 12.1. The molecule has 1 saturated carbocycles. The minimum atomic E-state index is -0.276. The third kappa shape index (κ3) is 3.23. The predicted molar refractivity (Wildman–Crippen MR) is 75.8 cm³/mol. The quantitative estimate of drug-likeness (QED) is 0.716. The van der Waals surface area contributed by atoms with Crippen LogP contribution in [0.25, 0.3) is 0 Å². The molecule has 0 spiro atoms. The molecule has 0 unspecified atom stereocenters. The molecule has 1 nitrogen and oxygen atoms in total. The Kier molecular flexibility index (Phi) is 4.38. The number of hydrogen-bond acceptors (Lipinski definition) is 1. The van der Waals surface area contributed by atoms with E-state index in [1.807, 2.05) is 0 Å². The lowest BCUT2D eigenvalue weighted by Gasteiger charge is -2.30. The van der Waals surface area contributed by atoms with E-state index in [4.69, 9.17) is 0 Å². The van der Waals surface area contributed by atoms with Crippen LogP contribution in [0.1, 0.15) is 55.5 Å². The number of halogens is 1. The van der Waals surface area contributed by atoms with E-state index in [0.717, 1.165) is 31.6 Å². The summed E-state index contributed by atoms with van der Waals surface area (Å²) >= 11 is 0. The number of rotatable bonds is 3. The van der Waals surface area contributed by atoms with E-state index in [1.54, 1.807) is 19.1 Å². The van der Waals surface area contributed by atoms with Gasteiger partial charge >= 0.3 is 0 Å². The Balaban J connectivity index is 2.03. The fraction of sp³-hybridized carbons (Fsp3) is 0.588. The van der Waals surface area contributed by atoms with Crippen LogP contribution >= 0.6 is 0 Å². The highest BCUT2D eigenvalue weighted by atomic mass is 19.1. The lowest BCUT2D eigenvalue weighted by Crippen LogP contribution is -2.24. The zero-order chi connectivity index (χ0) is 14.0. The Morgan fingerprint density at radius 1 is 1.21 bits per heavy atom. The van der Waals surface area contributed by atoms with Crippen LogP contribution in [0, 0.1) is 30.5 Å². The van der Waals surface area contributed by atoms with E-state index in [-0.39, 0.29) is 17.5 Å². The van der Waals surface area contributed by atoms with Gasteiger partial charge in [-0.25, -0.2) is 4.39 Å². The average Bonchev–Trinajstić information content (AvgIpc) is 2.41. The maximum absolute atomic E-state index is 13.5. The van der Waals surface area contributed by atoms with Gasteiger partial charge in [0.2, 0.25) is 0 Å². The van der Waals surface area contributed by atoms with Gasteiger partial charge in [-0.3, -0.25) is 4.79 Å². The molecule has 0 saturated heterocycles. The molecule has 0 amide bonds. The van der Waals surface area contributed by atoms with Crippen molar-refractivity contribution in [2.75, 3.05) is 0 Å². The summed E-state index contributed by atoms with van der Waals surface area (Å²) in [6.45, 7) is 6.22.